The summed E-state index contributed by atoms with van der Waals surface area (Å²) in [5, 5.41) is 0.626. The summed E-state index contributed by atoms with van der Waals surface area (Å²) in [6.07, 6.45) is 0. The van der Waals surface area contributed by atoms with E-state index in [0.717, 1.165) is 5.56 Å². The van der Waals surface area contributed by atoms with Crippen LogP contribution in [0.1, 0.15) is 24.1 Å². The number of halogens is 2. The summed E-state index contributed by atoms with van der Waals surface area (Å²) in [4.78, 5) is 0. The van der Waals surface area contributed by atoms with E-state index in [9.17, 15) is 4.39 Å². The molecule has 0 aliphatic rings. The minimum atomic E-state index is -0.428. The molecule has 2 aromatic carbocycles. The van der Waals surface area contributed by atoms with Crippen LogP contribution in [0.3, 0.4) is 0 Å². The van der Waals surface area contributed by atoms with E-state index in [2.05, 4.69) is 0 Å². The molecule has 0 amide bonds. The Hall–Kier alpha value is -1.58. The van der Waals surface area contributed by atoms with Gasteiger partial charge < -0.3 is 10.5 Å². The monoisotopic (exact) mass is 279 g/mol. The van der Waals surface area contributed by atoms with Crippen molar-refractivity contribution in [3.05, 3.63) is 64.4 Å². The lowest BCUT2D eigenvalue weighted by molar-refractivity contribution is 0.299. The first-order valence-electron chi connectivity index (χ1n) is 6.00. The Balaban J connectivity index is 2.21. The Morgan fingerprint density at radius 2 is 1.95 bits per heavy atom. The van der Waals surface area contributed by atoms with Crippen LogP contribution in [0.5, 0.6) is 5.75 Å². The molecule has 0 bridgehead atoms. The van der Waals surface area contributed by atoms with E-state index in [4.69, 9.17) is 22.1 Å². The van der Waals surface area contributed by atoms with Gasteiger partial charge in [0, 0.05) is 22.2 Å². The van der Waals surface area contributed by atoms with E-state index >= 15 is 0 Å². The first-order chi connectivity index (χ1) is 9.09. The topological polar surface area (TPSA) is 35.2 Å². The van der Waals surface area contributed by atoms with E-state index in [1.807, 2.05) is 18.2 Å². The normalized spacial score (nSPS) is 12.2. The van der Waals surface area contributed by atoms with Gasteiger partial charge in [-0.05, 0) is 25.1 Å². The van der Waals surface area contributed by atoms with Crippen molar-refractivity contribution in [3.8, 4) is 5.75 Å². The molecule has 2 aromatic rings. The summed E-state index contributed by atoms with van der Waals surface area (Å²) >= 11 is 6.05. The molecule has 100 valence electrons. The minimum absolute atomic E-state index is 0.281. The fourth-order valence-corrected chi connectivity index (χ4v) is 2.05. The molecule has 19 heavy (non-hydrogen) atoms. The third-order valence-corrected chi connectivity index (χ3v) is 3.18. The average Bonchev–Trinajstić information content (AvgIpc) is 2.37. The van der Waals surface area contributed by atoms with Crippen molar-refractivity contribution in [1.29, 1.82) is 0 Å². The molecular weight excluding hydrogens is 265 g/mol. The van der Waals surface area contributed by atoms with Crippen molar-refractivity contribution >= 4 is 11.6 Å². The number of hydrogen-bond acceptors (Lipinski definition) is 2. The highest BCUT2D eigenvalue weighted by Crippen LogP contribution is 2.28. The molecular formula is C15H15ClFNO. The van der Waals surface area contributed by atoms with Crippen LogP contribution in [0.15, 0.2) is 42.5 Å². The highest BCUT2D eigenvalue weighted by atomic mass is 35.5. The van der Waals surface area contributed by atoms with Crippen LogP contribution in [0.4, 0.5) is 4.39 Å². The number of benzene rings is 2. The lowest BCUT2D eigenvalue weighted by atomic mass is 10.1. The predicted octanol–water partition coefficient (Wildman–Crippen LogP) is 4.08. The average molecular weight is 280 g/mol. The van der Waals surface area contributed by atoms with Gasteiger partial charge in [-0.2, -0.15) is 0 Å². The summed E-state index contributed by atoms with van der Waals surface area (Å²) in [5.41, 5.74) is 7.00. The van der Waals surface area contributed by atoms with Gasteiger partial charge in [-0.3, -0.25) is 0 Å². The van der Waals surface area contributed by atoms with Gasteiger partial charge >= 0.3 is 0 Å². The fraction of sp³-hybridized carbons (Fsp3) is 0.200. The van der Waals surface area contributed by atoms with Crippen LogP contribution in [0.25, 0.3) is 0 Å². The quantitative estimate of drug-likeness (QED) is 0.915. The van der Waals surface area contributed by atoms with Crippen molar-refractivity contribution < 1.29 is 9.13 Å². The van der Waals surface area contributed by atoms with Crippen LogP contribution >= 0.6 is 11.6 Å². The van der Waals surface area contributed by atoms with Crippen LogP contribution in [-0.4, -0.2) is 0 Å². The maximum absolute atomic E-state index is 13.7. The molecule has 0 aliphatic heterocycles. The first-order valence-corrected chi connectivity index (χ1v) is 6.37. The van der Waals surface area contributed by atoms with E-state index < -0.39 is 6.04 Å². The largest absolute Gasteiger partial charge is 0.488 e. The molecule has 0 spiro atoms. The van der Waals surface area contributed by atoms with Crippen LogP contribution in [0.2, 0.25) is 5.02 Å². The second kappa shape index (κ2) is 6.04. The molecule has 4 heteroatoms. The molecule has 0 aliphatic carbocycles. The zero-order valence-corrected chi connectivity index (χ0v) is 11.3. The Bertz CT molecular complexity index is 572. The molecule has 0 saturated heterocycles. The van der Waals surface area contributed by atoms with Gasteiger partial charge in [-0.15, -0.1) is 0 Å². The number of hydrogen-bond donors (Lipinski definition) is 1. The number of ether oxygens (including phenoxy) is 1. The van der Waals surface area contributed by atoms with Crippen LogP contribution in [-0.2, 0) is 6.61 Å². The Morgan fingerprint density at radius 1 is 1.21 bits per heavy atom. The Labute approximate surface area is 117 Å². The third kappa shape index (κ3) is 3.25. The summed E-state index contributed by atoms with van der Waals surface area (Å²) in [5.74, 6) is 0.0987. The number of nitrogens with two attached hydrogens (primary N) is 1. The second-order valence-corrected chi connectivity index (χ2v) is 4.73. The molecule has 2 rings (SSSR count). The molecule has 2 nitrogen and oxygen atoms in total. The van der Waals surface area contributed by atoms with Gasteiger partial charge in [-0.25, -0.2) is 4.39 Å². The number of rotatable bonds is 4. The zero-order valence-electron chi connectivity index (χ0n) is 10.6. The Morgan fingerprint density at radius 3 is 2.63 bits per heavy atom. The summed E-state index contributed by atoms with van der Waals surface area (Å²) in [6.45, 7) is 2.00. The van der Waals surface area contributed by atoms with E-state index in [-0.39, 0.29) is 12.4 Å². The maximum atomic E-state index is 13.7. The van der Waals surface area contributed by atoms with E-state index in [0.29, 0.717) is 16.3 Å². The molecule has 0 unspecified atom stereocenters. The summed E-state index contributed by atoms with van der Waals surface area (Å²) in [7, 11) is 0. The molecule has 0 aromatic heterocycles. The highest BCUT2D eigenvalue weighted by Gasteiger charge is 2.13. The molecule has 0 fully saturated rings. The van der Waals surface area contributed by atoms with Gasteiger partial charge in [0.25, 0.3) is 0 Å². The predicted molar refractivity (Wildman–Crippen MR) is 74.8 cm³/mol. The van der Waals surface area contributed by atoms with Gasteiger partial charge in [0.05, 0.1) is 0 Å². The van der Waals surface area contributed by atoms with E-state index in [1.54, 1.807) is 25.1 Å². The summed E-state index contributed by atoms with van der Waals surface area (Å²) < 4.78 is 19.4. The van der Waals surface area contributed by atoms with Gasteiger partial charge in [0.1, 0.15) is 18.2 Å². The van der Waals surface area contributed by atoms with Crippen molar-refractivity contribution in [2.75, 3.05) is 0 Å². The summed E-state index contributed by atoms with van der Waals surface area (Å²) in [6, 6.07) is 11.6. The van der Waals surface area contributed by atoms with E-state index in [1.165, 1.54) is 6.07 Å². The highest BCUT2D eigenvalue weighted by molar-refractivity contribution is 6.31. The van der Waals surface area contributed by atoms with Crippen molar-refractivity contribution in [2.24, 2.45) is 5.73 Å². The minimum Gasteiger partial charge on any atom is -0.488 e. The molecule has 0 heterocycles. The van der Waals surface area contributed by atoms with Gasteiger partial charge in [0.2, 0.25) is 0 Å². The second-order valence-electron chi connectivity index (χ2n) is 4.32. The molecule has 2 N–H and O–H groups in total. The lowest BCUT2D eigenvalue weighted by Gasteiger charge is -2.15. The molecule has 1 atom stereocenters. The van der Waals surface area contributed by atoms with Crippen molar-refractivity contribution in [1.82, 2.24) is 0 Å². The fourth-order valence-electron chi connectivity index (χ4n) is 1.86. The van der Waals surface area contributed by atoms with Gasteiger partial charge in [0.15, 0.2) is 0 Å². The van der Waals surface area contributed by atoms with Crippen molar-refractivity contribution in [3.63, 3.8) is 0 Å². The first kappa shape index (κ1) is 13.8. The third-order valence-electron chi connectivity index (χ3n) is 2.81. The maximum Gasteiger partial charge on any atom is 0.131 e. The standard InChI is InChI=1S/C15H15ClFNO/c1-10(18)15-13(17)7-4-8-14(15)19-9-11-5-2-3-6-12(11)16/h2-8,10H,9,18H2,1H3/t10-/m0/s1. The van der Waals surface area contributed by atoms with Crippen LogP contribution in [0, 0.1) is 5.82 Å². The van der Waals surface area contributed by atoms with Crippen LogP contribution < -0.4 is 10.5 Å². The smallest absolute Gasteiger partial charge is 0.131 e. The SMILES string of the molecule is C[C@H](N)c1c(F)cccc1OCc1ccccc1Cl. The zero-order chi connectivity index (χ0) is 13.8. The molecule has 0 saturated carbocycles. The Kier molecular flexibility index (Phi) is 4.40. The molecule has 0 radical (unpaired) electrons. The lowest BCUT2D eigenvalue weighted by Crippen LogP contribution is -2.10. The van der Waals surface area contributed by atoms with Gasteiger partial charge in [-0.1, -0.05) is 35.9 Å². The van der Waals surface area contributed by atoms with Crippen molar-refractivity contribution in [2.45, 2.75) is 19.6 Å².